The van der Waals surface area contributed by atoms with Gasteiger partial charge in [0.15, 0.2) is 5.76 Å². The lowest BCUT2D eigenvalue weighted by molar-refractivity contribution is 0.152. The molecule has 26 heavy (non-hydrogen) atoms. The highest BCUT2D eigenvalue weighted by molar-refractivity contribution is 5.56. The van der Waals surface area contributed by atoms with E-state index in [-0.39, 0.29) is 0 Å². The monoisotopic (exact) mass is 354 g/mol. The molecule has 1 saturated heterocycles. The van der Waals surface area contributed by atoms with Gasteiger partial charge < -0.3 is 4.42 Å². The minimum Gasteiger partial charge on any atom is -0.460 e. The van der Waals surface area contributed by atoms with Crippen LogP contribution in [0.3, 0.4) is 0 Å². The molecule has 3 aromatic heterocycles. The number of aryl methyl sites for hydroxylation is 3. The Morgan fingerprint density at radius 1 is 1.27 bits per heavy atom. The summed E-state index contributed by atoms with van der Waals surface area (Å²) in [6.45, 7) is 9.96. The quantitative estimate of drug-likeness (QED) is 0.762. The van der Waals surface area contributed by atoms with Crippen LogP contribution in [0.4, 0.5) is 0 Å². The summed E-state index contributed by atoms with van der Waals surface area (Å²) >= 11 is 0. The highest BCUT2D eigenvalue weighted by atomic mass is 16.3. The summed E-state index contributed by atoms with van der Waals surface area (Å²) in [6, 6.07) is 3.99. The molecular weight excluding hydrogens is 328 g/mol. The van der Waals surface area contributed by atoms with Crippen LogP contribution in [0.15, 0.2) is 22.7 Å². The van der Waals surface area contributed by atoms with Gasteiger partial charge in [0.2, 0.25) is 0 Å². The van der Waals surface area contributed by atoms with E-state index in [4.69, 9.17) is 4.42 Å². The fourth-order valence-electron chi connectivity index (χ4n) is 3.88. The van der Waals surface area contributed by atoms with Crippen LogP contribution in [-0.4, -0.2) is 43.0 Å². The Balaban J connectivity index is 1.43. The molecule has 1 N–H and O–H groups in total. The van der Waals surface area contributed by atoms with Crippen molar-refractivity contribution in [2.24, 2.45) is 5.92 Å². The Labute approximate surface area is 153 Å². The molecule has 3 aromatic rings. The van der Waals surface area contributed by atoms with Crippen LogP contribution in [0.25, 0.3) is 11.5 Å². The Hall–Kier alpha value is -2.41. The number of H-pyrrole nitrogens is 1. The van der Waals surface area contributed by atoms with Gasteiger partial charge in [-0.2, -0.15) is 10.2 Å². The third-order valence-electron chi connectivity index (χ3n) is 5.10. The third-order valence-corrected chi connectivity index (χ3v) is 5.10. The first kappa shape index (κ1) is 17.0. The number of hydrogen-bond donors (Lipinski definition) is 1. The number of hydrogen-bond acceptors (Lipinski definition) is 5. The van der Waals surface area contributed by atoms with Crippen LogP contribution in [0, 0.1) is 26.7 Å². The molecule has 1 unspecified atom stereocenters. The zero-order chi connectivity index (χ0) is 18.1. The predicted octanol–water partition coefficient (Wildman–Crippen LogP) is 3.10. The Morgan fingerprint density at radius 2 is 2.15 bits per heavy atom. The molecule has 1 fully saturated rings. The smallest absolute Gasteiger partial charge is 0.152 e. The van der Waals surface area contributed by atoms with Gasteiger partial charge in [-0.15, -0.1) is 0 Å². The first-order valence-corrected chi connectivity index (χ1v) is 9.28. The molecule has 0 saturated carbocycles. The molecule has 4 rings (SSSR count). The van der Waals surface area contributed by atoms with Crippen molar-refractivity contribution >= 4 is 0 Å². The molecule has 0 aliphatic carbocycles. The van der Waals surface area contributed by atoms with E-state index in [2.05, 4.69) is 29.9 Å². The highest BCUT2D eigenvalue weighted by Crippen LogP contribution is 2.26. The number of likely N-dealkylation sites (tertiary alicyclic amines) is 1. The van der Waals surface area contributed by atoms with E-state index in [1.54, 1.807) is 0 Å². The molecule has 0 aromatic carbocycles. The second-order valence-corrected chi connectivity index (χ2v) is 7.31. The van der Waals surface area contributed by atoms with Crippen LogP contribution in [0.2, 0.25) is 0 Å². The van der Waals surface area contributed by atoms with Gasteiger partial charge in [0.25, 0.3) is 0 Å². The van der Waals surface area contributed by atoms with Gasteiger partial charge >= 0.3 is 0 Å². The van der Waals surface area contributed by atoms with Gasteiger partial charge in [-0.1, -0.05) is 0 Å². The molecule has 1 atom stereocenters. The second-order valence-electron chi connectivity index (χ2n) is 7.31. The average molecular weight is 354 g/mol. The maximum Gasteiger partial charge on any atom is 0.152 e. The van der Waals surface area contributed by atoms with Gasteiger partial charge in [-0.3, -0.25) is 10.00 Å². The van der Waals surface area contributed by atoms with Gasteiger partial charge in [0, 0.05) is 25.2 Å². The molecule has 7 nitrogen and oxygen atoms in total. The molecule has 1 aliphatic rings. The number of aromatic amines is 1. The topological polar surface area (TPSA) is 75.8 Å². The van der Waals surface area contributed by atoms with Crippen molar-refractivity contribution < 1.29 is 4.42 Å². The molecule has 138 valence electrons. The molecule has 1 aliphatic heterocycles. The van der Waals surface area contributed by atoms with Crippen molar-refractivity contribution in [1.82, 2.24) is 29.9 Å². The zero-order valence-electron chi connectivity index (χ0n) is 15.7. The minimum atomic E-state index is 0.602. The standard InChI is InChI=1S/C19H26N6O/c1-13-6-7-18(26-13)19-17(9-20-22-19)12-24-8-4-5-16(10-24)11-25-15(3)21-14(2)23-25/h6-7,9,16H,4-5,8,10-12H2,1-3H3,(H,20,22). The van der Waals surface area contributed by atoms with E-state index < -0.39 is 0 Å². The number of rotatable bonds is 5. The molecule has 0 radical (unpaired) electrons. The van der Waals surface area contributed by atoms with E-state index in [1.807, 2.05) is 39.1 Å². The summed E-state index contributed by atoms with van der Waals surface area (Å²) in [5.74, 6) is 4.23. The van der Waals surface area contributed by atoms with Crippen molar-refractivity contribution in [2.45, 2.75) is 46.7 Å². The molecule has 7 heteroatoms. The first-order valence-electron chi connectivity index (χ1n) is 9.28. The van der Waals surface area contributed by atoms with Crippen LogP contribution >= 0.6 is 0 Å². The van der Waals surface area contributed by atoms with Crippen LogP contribution < -0.4 is 0 Å². The summed E-state index contributed by atoms with van der Waals surface area (Å²) in [4.78, 5) is 6.93. The number of aromatic nitrogens is 5. The number of nitrogens with one attached hydrogen (secondary N) is 1. The summed E-state index contributed by atoms with van der Waals surface area (Å²) in [7, 11) is 0. The van der Waals surface area contributed by atoms with E-state index in [0.717, 1.165) is 55.0 Å². The number of piperidine rings is 1. The first-order chi connectivity index (χ1) is 12.6. The third kappa shape index (κ3) is 3.58. The summed E-state index contributed by atoms with van der Waals surface area (Å²) in [5.41, 5.74) is 2.18. The normalized spacial score (nSPS) is 18.5. The van der Waals surface area contributed by atoms with E-state index >= 15 is 0 Å². The largest absolute Gasteiger partial charge is 0.460 e. The Morgan fingerprint density at radius 3 is 2.88 bits per heavy atom. The number of nitrogens with zero attached hydrogens (tertiary/aromatic N) is 5. The predicted molar refractivity (Wildman–Crippen MR) is 98.5 cm³/mol. The average Bonchev–Trinajstić information content (AvgIpc) is 3.29. The molecular formula is C19H26N6O. The van der Waals surface area contributed by atoms with Crippen molar-refractivity contribution in [2.75, 3.05) is 13.1 Å². The lowest BCUT2D eigenvalue weighted by Crippen LogP contribution is -2.36. The fourth-order valence-corrected chi connectivity index (χ4v) is 3.88. The van der Waals surface area contributed by atoms with Crippen molar-refractivity contribution in [3.05, 3.63) is 41.3 Å². The second kappa shape index (κ2) is 7.07. The van der Waals surface area contributed by atoms with Gasteiger partial charge in [-0.25, -0.2) is 9.67 Å². The Bertz CT molecular complexity index is 876. The van der Waals surface area contributed by atoms with Crippen LogP contribution in [0.1, 0.15) is 35.8 Å². The molecule has 0 amide bonds. The fraction of sp³-hybridized carbons (Fsp3) is 0.526. The van der Waals surface area contributed by atoms with Crippen LogP contribution in [0.5, 0.6) is 0 Å². The van der Waals surface area contributed by atoms with Crippen molar-refractivity contribution in [3.63, 3.8) is 0 Å². The molecule has 4 heterocycles. The summed E-state index contributed by atoms with van der Waals surface area (Å²) < 4.78 is 7.82. The molecule has 0 spiro atoms. The van der Waals surface area contributed by atoms with Crippen molar-refractivity contribution in [3.8, 4) is 11.5 Å². The van der Waals surface area contributed by atoms with Gasteiger partial charge in [0.1, 0.15) is 23.1 Å². The van der Waals surface area contributed by atoms with E-state index in [1.165, 1.54) is 18.4 Å². The summed E-state index contributed by atoms with van der Waals surface area (Å²) in [6.07, 6.45) is 4.37. The van der Waals surface area contributed by atoms with Gasteiger partial charge in [0.05, 0.1) is 6.20 Å². The summed E-state index contributed by atoms with van der Waals surface area (Å²) in [5, 5.41) is 11.9. The number of furan rings is 1. The van der Waals surface area contributed by atoms with Crippen LogP contribution in [-0.2, 0) is 13.1 Å². The van der Waals surface area contributed by atoms with Gasteiger partial charge in [-0.05, 0) is 58.2 Å². The van der Waals surface area contributed by atoms with E-state index in [0.29, 0.717) is 5.92 Å². The maximum atomic E-state index is 5.77. The highest BCUT2D eigenvalue weighted by Gasteiger charge is 2.23. The lowest BCUT2D eigenvalue weighted by atomic mass is 9.97. The maximum absolute atomic E-state index is 5.77. The lowest BCUT2D eigenvalue weighted by Gasteiger charge is -2.32. The molecule has 0 bridgehead atoms. The SMILES string of the molecule is Cc1nc(C)n(CC2CCCN(Cc3cn[nH]c3-c3ccc(C)o3)C2)n1. The Kier molecular flexibility index (Phi) is 4.63. The zero-order valence-corrected chi connectivity index (χ0v) is 15.7. The van der Waals surface area contributed by atoms with Crippen molar-refractivity contribution in [1.29, 1.82) is 0 Å². The van der Waals surface area contributed by atoms with E-state index in [9.17, 15) is 0 Å². The minimum absolute atomic E-state index is 0.602.